The molecule has 1 aromatic carbocycles. The van der Waals surface area contributed by atoms with Crippen LogP contribution < -0.4 is 10.1 Å². The normalized spacial score (nSPS) is 14.2. The fourth-order valence-corrected chi connectivity index (χ4v) is 3.60. The standard InChI is InChI=1S/C21H21F3N4O3.ClH/c1-27-4-3-16-18(27)17(20(29)28-5-7-31-8-6-28)12-25-19(16)26-14-9-13(21(22,23)24)10-15(11-14)30-2;/h3-4,9-12H,5-8H2,1-2H3,(H,25,26);1H. The second kappa shape index (κ2) is 9.25. The number of hydrogen-bond donors (Lipinski definition) is 1. The fraction of sp³-hybridized carbons (Fsp3) is 0.333. The van der Waals surface area contributed by atoms with Gasteiger partial charge >= 0.3 is 6.18 Å². The van der Waals surface area contributed by atoms with Gasteiger partial charge in [0.05, 0.1) is 37.0 Å². The van der Waals surface area contributed by atoms with Gasteiger partial charge in [-0.2, -0.15) is 13.2 Å². The van der Waals surface area contributed by atoms with Crippen molar-refractivity contribution in [3.63, 3.8) is 0 Å². The molecule has 4 rings (SSSR count). The zero-order chi connectivity index (χ0) is 22.2. The molecular formula is C21H22ClF3N4O3. The number of benzene rings is 1. The lowest BCUT2D eigenvalue weighted by Gasteiger charge is -2.27. The first-order valence-corrected chi connectivity index (χ1v) is 9.62. The van der Waals surface area contributed by atoms with E-state index in [1.165, 1.54) is 19.4 Å². The number of rotatable bonds is 4. The Morgan fingerprint density at radius 2 is 1.94 bits per heavy atom. The van der Waals surface area contributed by atoms with Gasteiger partial charge in [0, 0.05) is 49.7 Å². The van der Waals surface area contributed by atoms with E-state index in [0.29, 0.717) is 48.6 Å². The van der Waals surface area contributed by atoms with Crippen LogP contribution in [-0.2, 0) is 18.0 Å². The van der Waals surface area contributed by atoms with E-state index in [2.05, 4.69) is 10.3 Å². The highest BCUT2D eigenvalue weighted by Crippen LogP contribution is 2.36. The summed E-state index contributed by atoms with van der Waals surface area (Å²) in [5, 5.41) is 3.57. The average molecular weight is 471 g/mol. The van der Waals surface area contributed by atoms with Gasteiger partial charge in [0.2, 0.25) is 0 Å². The lowest BCUT2D eigenvalue weighted by molar-refractivity contribution is -0.137. The second-order valence-corrected chi connectivity index (χ2v) is 7.19. The predicted octanol–water partition coefficient (Wildman–Crippen LogP) is 4.24. The molecule has 3 aromatic rings. The Hall–Kier alpha value is -2.98. The smallest absolute Gasteiger partial charge is 0.416 e. The van der Waals surface area contributed by atoms with Crippen molar-refractivity contribution >= 4 is 40.7 Å². The Morgan fingerprint density at radius 1 is 1.22 bits per heavy atom. The van der Waals surface area contributed by atoms with Crippen LogP contribution in [-0.4, -0.2) is 53.8 Å². The van der Waals surface area contributed by atoms with Gasteiger partial charge in [0.15, 0.2) is 0 Å². The minimum atomic E-state index is -4.52. The number of pyridine rings is 1. The van der Waals surface area contributed by atoms with Crippen molar-refractivity contribution in [1.82, 2.24) is 14.5 Å². The molecule has 1 saturated heterocycles. The van der Waals surface area contributed by atoms with Crippen LogP contribution in [0.2, 0.25) is 0 Å². The summed E-state index contributed by atoms with van der Waals surface area (Å²) in [6, 6.07) is 5.15. The number of aryl methyl sites for hydroxylation is 1. The molecule has 1 amide bonds. The zero-order valence-electron chi connectivity index (χ0n) is 17.4. The molecule has 1 aliphatic heterocycles. The second-order valence-electron chi connectivity index (χ2n) is 7.19. The molecule has 2 aromatic heterocycles. The Labute approximate surface area is 188 Å². The summed E-state index contributed by atoms with van der Waals surface area (Å²) < 4.78 is 51.8. The molecule has 7 nitrogen and oxygen atoms in total. The number of carbonyl (C=O) groups excluding carboxylic acids is 1. The molecular weight excluding hydrogens is 449 g/mol. The van der Waals surface area contributed by atoms with Crippen LogP contribution >= 0.6 is 12.4 Å². The maximum atomic E-state index is 13.2. The first kappa shape index (κ1) is 23.7. The number of nitrogens with one attached hydrogen (secondary N) is 1. The van der Waals surface area contributed by atoms with Crippen molar-refractivity contribution in [1.29, 1.82) is 0 Å². The first-order valence-electron chi connectivity index (χ1n) is 9.62. The van der Waals surface area contributed by atoms with E-state index in [1.54, 1.807) is 28.8 Å². The van der Waals surface area contributed by atoms with E-state index in [4.69, 9.17) is 9.47 Å². The molecule has 0 atom stereocenters. The molecule has 172 valence electrons. The molecule has 0 aliphatic carbocycles. The summed E-state index contributed by atoms with van der Waals surface area (Å²) >= 11 is 0. The average Bonchev–Trinajstić information content (AvgIpc) is 3.15. The SMILES string of the molecule is COc1cc(Nc2ncc(C(=O)N3CCOCC3)c3c2ccn3C)cc(C(F)(F)F)c1.Cl. The van der Waals surface area contributed by atoms with Gasteiger partial charge in [-0.3, -0.25) is 4.79 Å². The Morgan fingerprint density at radius 3 is 2.59 bits per heavy atom. The van der Waals surface area contributed by atoms with Gasteiger partial charge in [-0.1, -0.05) is 0 Å². The summed E-state index contributed by atoms with van der Waals surface area (Å²) in [7, 11) is 3.11. The van der Waals surface area contributed by atoms with Crippen LogP contribution in [0.4, 0.5) is 24.7 Å². The van der Waals surface area contributed by atoms with E-state index in [0.717, 1.165) is 12.1 Å². The quantitative estimate of drug-likeness (QED) is 0.617. The molecule has 0 radical (unpaired) electrons. The number of fused-ring (bicyclic) bond motifs is 1. The molecule has 1 N–H and O–H groups in total. The van der Waals surface area contributed by atoms with Crippen LogP contribution in [0.5, 0.6) is 5.75 Å². The highest BCUT2D eigenvalue weighted by molar-refractivity contribution is 6.08. The first-order chi connectivity index (χ1) is 14.8. The highest BCUT2D eigenvalue weighted by Gasteiger charge is 2.31. The highest BCUT2D eigenvalue weighted by atomic mass is 35.5. The number of ether oxygens (including phenoxy) is 2. The van der Waals surface area contributed by atoms with Crippen LogP contribution in [0.1, 0.15) is 15.9 Å². The third kappa shape index (κ3) is 4.61. The Kier molecular flexibility index (Phi) is 6.85. The minimum absolute atomic E-state index is 0. The van der Waals surface area contributed by atoms with Gasteiger partial charge < -0.3 is 24.3 Å². The topological polar surface area (TPSA) is 68.6 Å². The summed E-state index contributed by atoms with van der Waals surface area (Å²) in [5.74, 6) is 0.256. The number of nitrogens with zero attached hydrogens (tertiary/aromatic N) is 3. The molecule has 1 fully saturated rings. The number of methoxy groups -OCH3 is 1. The Balaban J connectivity index is 0.00000289. The number of aromatic nitrogens is 2. The van der Waals surface area contributed by atoms with Crippen molar-refractivity contribution in [2.45, 2.75) is 6.18 Å². The van der Waals surface area contributed by atoms with Crippen molar-refractivity contribution in [2.75, 3.05) is 38.7 Å². The molecule has 0 saturated carbocycles. The summed E-state index contributed by atoms with van der Waals surface area (Å²) in [4.78, 5) is 19.1. The van der Waals surface area contributed by atoms with E-state index in [-0.39, 0.29) is 29.8 Å². The van der Waals surface area contributed by atoms with Gasteiger partial charge in [0.1, 0.15) is 11.6 Å². The number of anilines is 2. The van der Waals surface area contributed by atoms with Crippen LogP contribution in [0.15, 0.2) is 36.7 Å². The van der Waals surface area contributed by atoms with Crippen molar-refractivity contribution < 1.29 is 27.4 Å². The van der Waals surface area contributed by atoms with Crippen molar-refractivity contribution in [3.8, 4) is 5.75 Å². The van der Waals surface area contributed by atoms with Crippen LogP contribution in [0, 0.1) is 0 Å². The number of halogens is 4. The van der Waals surface area contributed by atoms with Crippen LogP contribution in [0.25, 0.3) is 10.9 Å². The minimum Gasteiger partial charge on any atom is -0.497 e. The molecule has 32 heavy (non-hydrogen) atoms. The van der Waals surface area contributed by atoms with Gasteiger partial charge in [-0.25, -0.2) is 4.98 Å². The summed E-state index contributed by atoms with van der Waals surface area (Å²) in [5.41, 5.74) is 0.416. The fourth-order valence-electron chi connectivity index (χ4n) is 3.60. The molecule has 0 spiro atoms. The maximum Gasteiger partial charge on any atom is 0.416 e. The van der Waals surface area contributed by atoms with Gasteiger partial charge in [-0.15, -0.1) is 12.4 Å². The number of alkyl halides is 3. The molecule has 0 unspecified atom stereocenters. The van der Waals surface area contributed by atoms with E-state index in [1.807, 2.05) is 0 Å². The van der Waals surface area contributed by atoms with Crippen molar-refractivity contribution in [3.05, 3.63) is 47.8 Å². The maximum absolute atomic E-state index is 13.2. The van der Waals surface area contributed by atoms with E-state index in [9.17, 15) is 18.0 Å². The third-order valence-electron chi connectivity index (χ3n) is 5.17. The van der Waals surface area contributed by atoms with Crippen molar-refractivity contribution in [2.24, 2.45) is 7.05 Å². The van der Waals surface area contributed by atoms with Gasteiger partial charge in [-0.05, 0) is 18.2 Å². The monoisotopic (exact) mass is 470 g/mol. The van der Waals surface area contributed by atoms with Crippen LogP contribution in [0.3, 0.4) is 0 Å². The summed E-state index contributed by atoms with van der Waals surface area (Å²) in [6.07, 6.45) is -1.29. The lowest BCUT2D eigenvalue weighted by Crippen LogP contribution is -2.40. The molecule has 1 aliphatic rings. The van der Waals surface area contributed by atoms with E-state index >= 15 is 0 Å². The molecule has 0 bridgehead atoms. The number of amides is 1. The lowest BCUT2D eigenvalue weighted by atomic mass is 10.1. The summed E-state index contributed by atoms with van der Waals surface area (Å²) in [6.45, 7) is 1.95. The predicted molar refractivity (Wildman–Crippen MR) is 116 cm³/mol. The number of morpholine rings is 1. The zero-order valence-corrected chi connectivity index (χ0v) is 18.2. The van der Waals surface area contributed by atoms with Gasteiger partial charge in [0.25, 0.3) is 5.91 Å². The number of hydrogen-bond acceptors (Lipinski definition) is 5. The largest absolute Gasteiger partial charge is 0.497 e. The molecule has 11 heteroatoms. The number of carbonyl (C=O) groups is 1. The Bertz CT molecular complexity index is 1130. The van der Waals surface area contributed by atoms with E-state index < -0.39 is 11.7 Å². The third-order valence-corrected chi connectivity index (χ3v) is 5.17. The molecule has 3 heterocycles.